The van der Waals surface area contributed by atoms with Gasteiger partial charge in [0.2, 0.25) is 5.91 Å². The summed E-state index contributed by atoms with van der Waals surface area (Å²) in [6, 6.07) is 3.47. The van der Waals surface area contributed by atoms with Crippen molar-refractivity contribution >= 4 is 43.7 Å². The lowest BCUT2D eigenvalue weighted by molar-refractivity contribution is -0.120. The first-order valence-electron chi connectivity index (χ1n) is 11.0. The third kappa shape index (κ3) is 5.73. The average molecular weight is 483 g/mol. The van der Waals surface area contributed by atoms with E-state index in [4.69, 9.17) is 0 Å². The molecule has 4 heterocycles. The largest absolute Gasteiger partial charge is 0.302 e. The number of sulfonamides is 1. The van der Waals surface area contributed by atoms with Gasteiger partial charge in [-0.2, -0.15) is 4.31 Å². The van der Waals surface area contributed by atoms with E-state index in [-0.39, 0.29) is 18.4 Å². The lowest BCUT2D eigenvalue weighted by atomic mass is 9.99. The van der Waals surface area contributed by atoms with Crippen LogP contribution in [-0.4, -0.2) is 54.7 Å². The third-order valence-electron chi connectivity index (χ3n) is 5.93. The molecule has 1 N–H and O–H groups in total. The Hall–Kier alpha value is -1.33. The monoisotopic (exact) mass is 482 g/mol. The van der Waals surface area contributed by atoms with E-state index >= 15 is 0 Å². The van der Waals surface area contributed by atoms with E-state index < -0.39 is 10.0 Å². The van der Waals surface area contributed by atoms with Gasteiger partial charge >= 0.3 is 0 Å². The molecule has 2 aromatic heterocycles. The van der Waals surface area contributed by atoms with Gasteiger partial charge in [0.05, 0.1) is 11.6 Å². The number of hydrogen-bond donors (Lipinski definition) is 1. The highest BCUT2D eigenvalue weighted by Gasteiger charge is 2.34. The maximum Gasteiger partial charge on any atom is 0.252 e. The molecule has 1 atom stereocenters. The van der Waals surface area contributed by atoms with Crippen LogP contribution in [0.3, 0.4) is 0 Å². The van der Waals surface area contributed by atoms with Gasteiger partial charge in [-0.05, 0) is 57.8 Å². The van der Waals surface area contributed by atoms with Crippen molar-refractivity contribution in [3.8, 4) is 0 Å². The van der Waals surface area contributed by atoms with Crippen LogP contribution in [0.5, 0.6) is 0 Å². The van der Waals surface area contributed by atoms with Crippen molar-refractivity contribution in [3.05, 3.63) is 28.1 Å². The van der Waals surface area contributed by atoms with E-state index in [1.54, 1.807) is 6.07 Å². The van der Waals surface area contributed by atoms with Crippen LogP contribution in [0.2, 0.25) is 0 Å². The minimum Gasteiger partial charge on any atom is -0.302 e. The second-order valence-electron chi connectivity index (χ2n) is 8.39. The van der Waals surface area contributed by atoms with Gasteiger partial charge in [0.25, 0.3) is 10.0 Å². The second kappa shape index (κ2) is 10.1. The number of piperidine rings is 1. The summed E-state index contributed by atoms with van der Waals surface area (Å²) in [5, 5.41) is 5.54. The summed E-state index contributed by atoms with van der Waals surface area (Å²) < 4.78 is 27.7. The number of aromatic nitrogens is 1. The fraction of sp³-hybridized carbons (Fsp3) is 0.619. The fourth-order valence-electron chi connectivity index (χ4n) is 4.22. The number of aryl methyl sites for hydroxylation is 1. The Bertz CT molecular complexity index is 993. The van der Waals surface area contributed by atoms with Gasteiger partial charge in [-0.3, -0.25) is 9.69 Å². The zero-order valence-corrected chi connectivity index (χ0v) is 20.3. The number of nitrogens with one attached hydrogen (secondary N) is 1. The molecule has 10 heteroatoms. The lowest BCUT2D eigenvalue weighted by Crippen LogP contribution is -2.43. The molecule has 0 spiro atoms. The van der Waals surface area contributed by atoms with Crippen LogP contribution in [0.4, 0.5) is 5.13 Å². The summed E-state index contributed by atoms with van der Waals surface area (Å²) >= 11 is 2.72. The number of carbonyl (C=O) groups excluding carboxylic acids is 1. The Labute approximate surface area is 192 Å². The SMILES string of the molecule is Cc1ccc(S(=O)(=O)N2CCCC(C(=O)Nc3nc(CN4CCCCCC4)cs3)C2)s1. The van der Waals surface area contributed by atoms with Gasteiger partial charge in [0.15, 0.2) is 5.13 Å². The quantitative estimate of drug-likeness (QED) is 0.675. The number of rotatable bonds is 6. The molecule has 4 rings (SSSR count). The van der Waals surface area contributed by atoms with E-state index in [9.17, 15) is 13.2 Å². The molecule has 2 aromatic rings. The molecule has 31 heavy (non-hydrogen) atoms. The molecule has 0 aliphatic carbocycles. The molecule has 0 saturated carbocycles. The van der Waals surface area contributed by atoms with E-state index in [0.717, 1.165) is 30.2 Å². The van der Waals surface area contributed by atoms with Crippen molar-refractivity contribution < 1.29 is 13.2 Å². The number of thiazole rings is 1. The molecule has 2 aliphatic rings. The van der Waals surface area contributed by atoms with Crippen LogP contribution in [0.1, 0.15) is 49.1 Å². The summed E-state index contributed by atoms with van der Waals surface area (Å²) in [4.78, 5) is 20.9. The number of carbonyl (C=O) groups is 1. The Morgan fingerprint density at radius 2 is 1.94 bits per heavy atom. The molecule has 1 amide bonds. The Morgan fingerprint density at radius 3 is 2.65 bits per heavy atom. The molecular weight excluding hydrogens is 452 g/mol. The number of amides is 1. The molecule has 0 radical (unpaired) electrons. The van der Waals surface area contributed by atoms with Crippen molar-refractivity contribution in [3.63, 3.8) is 0 Å². The third-order valence-corrected chi connectivity index (χ3v) is 10.1. The summed E-state index contributed by atoms with van der Waals surface area (Å²) in [5.74, 6) is -0.500. The highest BCUT2D eigenvalue weighted by Crippen LogP contribution is 2.29. The zero-order valence-electron chi connectivity index (χ0n) is 17.9. The second-order valence-corrected chi connectivity index (χ2v) is 12.7. The van der Waals surface area contributed by atoms with Crippen molar-refractivity contribution in [2.75, 3.05) is 31.5 Å². The van der Waals surface area contributed by atoms with Crippen LogP contribution in [0.15, 0.2) is 21.7 Å². The molecule has 0 bridgehead atoms. The summed E-state index contributed by atoms with van der Waals surface area (Å²) in [7, 11) is -3.54. The smallest absolute Gasteiger partial charge is 0.252 e. The normalized spacial score (nSPS) is 21.6. The molecule has 2 fully saturated rings. The van der Waals surface area contributed by atoms with Gasteiger partial charge in [-0.25, -0.2) is 13.4 Å². The Morgan fingerprint density at radius 1 is 1.16 bits per heavy atom. The molecular formula is C21H30N4O3S3. The van der Waals surface area contributed by atoms with Crippen LogP contribution >= 0.6 is 22.7 Å². The van der Waals surface area contributed by atoms with Gasteiger partial charge in [0, 0.05) is 29.9 Å². The van der Waals surface area contributed by atoms with E-state index in [2.05, 4.69) is 15.2 Å². The van der Waals surface area contributed by atoms with Crippen molar-refractivity contribution in [1.82, 2.24) is 14.2 Å². The molecule has 1 unspecified atom stereocenters. The van der Waals surface area contributed by atoms with E-state index in [0.29, 0.717) is 28.7 Å². The molecule has 0 aromatic carbocycles. The minimum absolute atomic E-state index is 0.141. The highest BCUT2D eigenvalue weighted by atomic mass is 32.2. The predicted octanol–water partition coefficient (Wildman–Crippen LogP) is 3.93. The van der Waals surface area contributed by atoms with Crippen molar-refractivity contribution in [1.29, 1.82) is 0 Å². The van der Waals surface area contributed by atoms with Crippen LogP contribution < -0.4 is 5.32 Å². The van der Waals surface area contributed by atoms with E-state index in [1.165, 1.54) is 52.7 Å². The average Bonchev–Trinajstić information content (AvgIpc) is 3.31. The zero-order chi connectivity index (χ0) is 21.8. The number of nitrogens with zero attached hydrogens (tertiary/aromatic N) is 3. The van der Waals surface area contributed by atoms with Crippen LogP contribution in [-0.2, 0) is 21.4 Å². The fourth-order valence-corrected chi connectivity index (χ4v) is 7.89. The molecule has 170 valence electrons. The van der Waals surface area contributed by atoms with Gasteiger partial charge in [-0.15, -0.1) is 22.7 Å². The standard InChI is InChI=1S/C21H30N4O3S3/c1-16-8-9-19(30-16)31(27,28)25-12-6-7-17(13-25)20(26)23-21-22-18(15-29-21)14-24-10-4-2-3-5-11-24/h8-9,15,17H,2-7,10-14H2,1H3,(H,22,23,26). The number of anilines is 1. The molecule has 7 nitrogen and oxygen atoms in total. The van der Waals surface area contributed by atoms with Gasteiger partial charge < -0.3 is 5.32 Å². The van der Waals surface area contributed by atoms with Crippen molar-refractivity contribution in [2.45, 2.75) is 56.2 Å². The molecule has 2 aliphatic heterocycles. The highest BCUT2D eigenvalue weighted by molar-refractivity contribution is 7.91. The van der Waals surface area contributed by atoms with E-state index in [1.807, 2.05) is 18.4 Å². The maximum atomic E-state index is 12.9. The summed E-state index contributed by atoms with van der Waals surface area (Å²) in [6.07, 6.45) is 6.44. The first kappa shape index (κ1) is 22.8. The van der Waals surface area contributed by atoms with Gasteiger partial charge in [-0.1, -0.05) is 12.8 Å². The predicted molar refractivity (Wildman–Crippen MR) is 125 cm³/mol. The number of thiophene rings is 1. The lowest BCUT2D eigenvalue weighted by Gasteiger charge is -2.30. The van der Waals surface area contributed by atoms with Crippen LogP contribution in [0, 0.1) is 12.8 Å². The van der Waals surface area contributed by atoms with Crippen molar-refractivity contribution in [2.24, 2.45) is 5.92 Å². The number of likely N-dealkylation sites (tertiary alicyclic amines) is 1. The molecule has 2 saturated heterocycles. The minimum atomic E-state index is -3.54. The number of hydrogen-bond acceptors (Lipinski definition) is 7. The van der Waals surface area contributed by atoms with Gasteiger partial charge in [0.1, 0.15) is 4.21 Å². The topological polar surface area (TPSA) is 82.6 Å². The maximum absolute atomic E-state index is 12.9. The first-order chi connectivity index (χ1) is 14.9. The first-order valence-corrected chi connectivity index (χ1v) is 14.1. The Kier molecular flexibility index (Phi) is 7.43. The summed E-state index contributed by atoms with van der Waals surface area (Å²) in [5.41, 5.74) is 0.989. The Balaban J connectivity index is 1.35. The summed E-state index contributed by atoms with van der Waals surface area (Å²) in [6.45, 7) is 5.61. The van der Waals surface area contributed by atoms with Crippen LogP contribution in [0.25, 0.3) is 0 Å².